The Balaban J connectivity index is 1.88. The van der Waals surface area contributed by atoms with Crippen LogP contribution in [0.5, 0.6) is 11.5 Å². The zero-order valence-corrected chi connectivity index (χ0v) is 16.0. The fourth-order valence-corrected chi connectivity index (χ4v) is 3.42. The van der Waals surface area contributed by atoms with Crippen molar-refractivity contribution in [2.75, 3.05) is 6.61 Å². The molecular weight excluding hydrogens is 384 g/mol. The lowest BCUT2D eigenvalue weighted by atomic mass is 10.1. The molecule has 1 aliphatic heterocycles. The molecule has 25 heavy (non-hydrogen) atoms. The van der Waals surface area contributed by atoms with Crippen LogP contribution in [0.2, 0.25) is 0 Å². The molecule has 0 spiro atoms. The quantitative estimate of drug-likeness (QED) is 0.488. The first kappa shape index (κ1) is 17.7. The summed E-state index contributed by atoms with van der Waals surface area (Å²) in [5.74, 6) is 1.51. The highest BCUT2D eigenvalue weighted by Gasteiger charge is 2.25. The van der Waals surface area contributed by atoms with Gasteiger partial charge in [0.15, 0.2) is 11.5 Å². The van der Waals surface area contributed by atoms with Crippen LogP contribution in [-0.4, -0.2) is 17.7 Å². The van der Waals surface area contributed by atoms with Crippen molar-refractivity contribution in [1.29, 1.82) is 0 Å². The van der Waals surface area contributed by atoms with E-state index >= 15 is 0 Å². The predicted molar refractivity (Wildman–Crippen MR) is 101 cm³/mol. The van der Waals surface area contributed by atoms with Crippen LogP contribution < -0.4 is 9.47 Å². The lowest BCUT2D eigenvalue weighted by Crippen LogP contribution is -2.24. The summed E-state index contributed by atoms with van der Waals surface area (Å²) in [4.78, 5) is 11.1. The van der Waals surface area contributed by atoms with Crippen molar-refractivity contribution < 1.29 is 9.47 Å². The van der Waals surface area contributed by atoms with Crippen LogP contribution in [0.4, 0.5) is 0 Å². The summed E-state index contributed by atoms with van der Waals surface area (Å²) in [5.41, 5.74) is 3.16. The number of rotatable bonds is 7. The highest BCUT2D eigenvalue weighted by atomic mass is 79.9. The summed E-state index contributed by atoms with van der Waals surface area (Å²) in [5, 5.41) is 4.65. The lowest BCUT2D eigenvalue weighted by molar-refractivity contribution is 0.218. The summed E-state index contributed by atoms with van der Waals surface area (Å²) in [7, 11) is 0. The molecule has 1 aliphatic rings. The summed E-state index contributed by atoms with van der Waals surface area (Å²) < 4.78 is 12.8. The smallest absolute Gasteiger partial charge is 0.165 e. The molecular formula is C19H21BrN2O3. The Morgan fingerprint density at radius 3 is 2.76 bits per heavy atom. The highest BCUT2D eigenvalue weighted by molar-refractivity contribution is 9.10. The number of halogens is 1. The molecule has 0 fully saturated rings. The molecule has 2 aromatic rings. The Morgan fingerprint density at radius 1 is 1.32 bits per heavy atom. The van der Waals surface area contributed by atoms with Gasteiger partial charge >= 0.3 is 0 Å². The first-order valence-electron chi connectivity index (χ1n) is 8.33. The number of fused-ring (bicyclic) bond motifs is 1. The normalized spacial score (nSPS) is 12.6. The van der Waals surface area contributed by atoms with Gasteiger partial charge in [-0.2, -0.15) is 0 Å². The van der Waals surface area contributed by atoms with Crippen LogP contribution in [0.15, 0.2) is 46.2 Å². The molecule has 5 nitrogen and oxygen atoms in total. The van der Waals surface area contributed by atoms with Gasteiger partial charge in [0.2, 0.25) is 0 Å². The first-order valence-corrected chi connectivity index (χ1v) is 9.13. The topological polar surface area (TPSA) is 51.1 Å². The molecule has 0 N–H and O–H groups in total. The minimum absolute atomic E-state index is 0.0302. The molecule has 132 valence electrons. The molecule has 0 aromatic heterocycles. The molecule has 0 saturated carbocycles. The van der Waals surface area contributed by atoms with Crippen molar-refractivity contribution in [2.24, 2.45) is 5.29 Å². The number of nitrogens with zero attached hydrogens (tertiary/aromatic N) is 2. The van der Waals surface area contributed by atoms with Gasteiger partial charge in [0.1, 0.15) is 6.61 Å². The van der Waals surface area contributed by atoms with Crippen molar-refractivity contribution in [2.45, 2.75) is 39.5 Å². The monoisotopic (exact) mass is 404 g/mol. The van der Waals surface area contributed by atoms with Gasteiger partial charge in [-0.1, -0.05) is 46.3 Å². The van der Waals surface area contributed by atoms with Crippen LogP contribution in [0, 0.1) is 4.91 Å². The second-order valence-corrected chi connectivity index (χ2v) is 7.09. The molecule has 0 atom stereocenters. The molecule has 0 unspecified atom stereocenters. The summed E-state index contributed by atoms with van der Waals surface area (Å²) in [6, 6.07) is 12.0. The SMILES string of the molecule is CC(C)N(Cc1cc(OCc2ccccc2)c2c(c1Br)CCO2)N=O. The summed E-state index contributed by atoms with van der Waals surface area (Å²) in [6.07, 6.45) is 0.821. The Labute approximate surface area is 156 Å². The Kier molecular flexibility index (Phi) is 5.58. The lowest BCUT2D eigenvalue weighted by Gasteiger charge is -2.21. The maximum Gasteiger partial charge on any atom is 0.165 e. The van der Waals surface area contributed by atoms with E-state index < -0.39 is 0 Å². The van der Waals surface area contributed by atoms with Crippen LogP contribution in [-0.2, 0) is 19.6 Å². The van der Waals surface area contributed by atoms with Crippen molar-refractivity contribution >= 4 is 15.9 Å². The number of ether oxygens (including phenoxy) is 2. The van der Waals surface area contributed by atoms with Crippen LogP contribution in [0.1, 0.15) is 30.5 Å². The Morgan fingerprint density at radius 2 is 2.08 bits per heavy atom. The van der Waals surface area contributed by atoms with Crippen molar-refractivity contribution in [3.05, 3.63) is 62.5 Å². The van der Waals surface area contributed by atoms with E-state index in [2.05, 4.69) is 21.2 Å². The van der Waals surface area contributed by atoms with Gasteiger partial charge < -0.3 is 9.47 Å². The fraction of sp³-hybridized carbons (Fsp3) is 0.368. The van der Waals surface area contributed by atoms with E-state index in [4.69, 9.17) is 9.47 Å². The van der Waals surface area contributed by atoms with Gasteiger partial charge in [-0.3, -0.25) is 5.01 Å². The van der Waals surface area contributed by atoms with E-state index in [1.807, 2.05) is 50.2 Å². The molecule has 6 heteroatoms. The second-order valence-electron chi connectivity index (χ2n) is 6.30. The highest BCUT2D eigenvalue weighted by Crippen LogP contribution is 2.43. The molecule has 0 radical (unpaired) electrons. The van der Waals surface area contributed by atoms with Gasteiger partial charge in [-0.15, -0.1) is 4.91 Å². The van der Waals surface area contributed by atoms with Gasteiger partial charge in [0.05, 0.1) is 18.4 Å². The molecule has 1 heterocycles. The maximum absolute atomic E-state index is 11.1. The average molecular weight is 405 g/mol. The zero-order valence-electron chi connectivity index (χ0n) is 14.4. The Bertz CT molecular complexity index is 750. The van der Waals surface area contributed by atoms with Crippen LogP contribution in [0.25, 0.3) is 0 Å². The van der Waals surface area contributed by atoms with Crippen molar-refractivity contribution in [1.82, 2.24) is 5.01 Å². The maximum atomic E-state index is 11.1. The minimum atomic E-state index is 0.0302. The third-order valence-corrected chi connectivity index (χ3v) is 5.21. The second kappa shape index (κ2) is 7.87. The molecule has 0 saturated heterocycles. The van der Waals surface area contributed by atoms with E-state index in [1.54, 1.807) is 0 Å². The third kappa shape index (κ3) is 3.95. The first-order chi connectivity index (χ1) is 12.1. The standard InChI is InChI=1S/C19H21BrN2O3/c1-13(2)22(21-23)11-15-10-17(19-16(18(15)20)8-9-24-19)25-12-14-6-4-3-5-7-14/h3-7,10,13H,8-9,11-12H2,1-2H3. The molecule has 0 amide bonds. The zero-order chi connectivity index (χ0) is 17.8. The van der Waals surface area contributed by atoms with E-state index in [0.717, 1.165) is 33.3 Å². The number of hydrogen-bond acceptors (Lipinski definition) is 4. The van der Waals surface area contributed by atoms with E-state index in [0.29, 0.717) is 25.5 Å². The van der Waals surface area contributed by atoms with E-state index in [1.165, 1.54) is 5.01 Å². The number of benzene rings is 2. The number of hydrogen-bond donors (Lipinski definition) is 0. The molecule has 0 bridgehead atoms. The largest absolute Gasteiger partial charge is 0.489 e. The Hall–Kier alpha value is -2.08. The van der Waals surface area contributed by atoms with Gasteiger partial charge in [0.25, 0.3) is 0 Å². The van der Waals surface area contributed by atoms with Gasteiger partial charge in [0, 0.05) is 22.5 Å². The van der Waals surface area contributed by atoms with E-state index in [9.17, 15) is 4.91 Å². The fourth-order valence-electron chi connectivity index (χ4n) is 2.80. The molecule has 0 aliphatic carbocycles. The molecule has 2 aromatic carbocycles. The number of nitroso groups, excluding NO2 is 1. The molecule has 3 rings (SSSR count). The summed E-state index contributed by atoms with van der Waals surface area (Å²) >= 11 is 3.66. The van der Waals surface area contributed by atoms with Crippen LogP contribution >= 0.6 is 15.9 Å². The minimum Gasteiger partial charge on any atom is -0.489 e. The van der Waals surface area contributed by atoms with Crippen molar-refractivity contribution in [3.8, 4) is 11.5 Å². The van der Waals surface area contributed by atoms with E-state index in [-0.39, 0.29) is 6.04 Å². The van der Waals surface area contributed by atoms with Crippen LogP contribution in [0.3, 0.4) is 0 Å². The third-order valence-electron chi connectivity index (χ3n) is 4.22. The average Bonchev–Trinajstić information content (AvgIpc) is 3.11. The predicted octanol–water partition coefficient (Wildman–Crippen LogP) is 4.85. The summed E-state index contributed by atoms with van der Waals surface area (Å²) in [6.45, 7) is 5.42. The van der Waals surface area contributed by atoms with Gasteiger partial charge in [-0.05, 0) is 31.0 Å². The van der Waals surface area contributed by atoms with Gasteiger partial charge in [-0.25, -0.2) is 0 Å². The van der Waals surface area contributed by atoms with Crippen molar-refractivity contribution in [3.63, 3.8) is 0 Å².